The molecule has 7 nitrogen and oxygen atoms in total. The van der Waals surface area contributed by atoms with Crippen molar-refractivity contribution < 1.29 is 19.4 Å². The second-order valence-electron chi connectivity index (χ2n) is 8.79. The molecule has 1 amide bonds. The second-order valence-corrected chi connectivity index (χ2v) is 8.79. The summed E-state index contributed by atoms with van der Waals surface area (Å²) in [4.78, 5) is 15.5. The lowest BCUT2D eigenvalue weighted by Gasteiger charge is -2.26. The van der Waals surface area contributed by atoms with Crippen molar-refractivity contribution in [1.82, 2.24) is 15.1 Å². The number of hydrogen-bond donors (Lipinski definition) is 2. The number of fused-ring (bicyclic) bond motifs is 1. The Balaban J connectivity index is 1.52. The van der Waals surface area contributed by atoms with Crippen molar-refractivity contribution in [2.75, 3.05) is 20.3 Å². The van der Waals surface area contributed by atoms with Gasteiger partial charge in [0, 0.05) is 17.7 Å². The highest BCUT2D eigenvalue weighted by Gasteiger charge is 2.42. The van der Waals surface area contributed by atoms with Crippen molar-refractivity contribution in [3.05, 3.63) is 95.2 Å². The van der Waals surface area contributed by atoms with Gasteiger partial charge in [0.2, 0.25) is 0 Å². The Morgan fingerprint density at radius 3 is 2.42 bits per heavy atom. The van der Waals surface area contributed by atoms with Gasteiger partial charge in [-0.3, -0.25) is 9.89 Å². The molecule has 0 aliphatic carbocycles. The number of para-hydroxylation sites is 1. The van der Waals surface area contributed by atoms with Crippen LogP contribution >= 0.6 is 0 Å². The maximum atomic E-state index is 13.6. The van der Waals surface area contributed by atoms with Gasteiger partial charge < -0.3 is 19.5 Å². The van der Waals surface area contributed by atoms with Crippen LogP contribution in [0, 0.1) is 0 Å². The van der Waals surface area contributed by atoms with Gasteiger partial charge in [0.15, 0.2) is 0 Å². The molecule has 3 aromatic carbocycles. The number of benzene rings is 3. The van der Waals surface area contributed by atoms with E-state index in [0.717, 1.165) is 34.6 Å². The first-order valence-electron chi connectivity index (χ1n) is 12.1. The number of rotatable bonds is 9. The van der Waals surface area contributed by atoms with Gasteiger partial charge in [0.1, 0.15) is 28.6 Å². The lowest BCUT2D eigenvalue weighted by Crippen LogP contribution is -2.31. The molecule has 0 spiro atoms. The van der Waals surface area contributed by atoms with E-state index in [9.17, 15) is 9.90 Å². The number of aromatic nitrogens is 2. The van der Waals surface area contributed by atoms with Crippen LogP contribution in [0.25, 0.3) is 11.3 Å². The number of nitrogens with zero attached hydrogens (tertiary/aromatic N) is 2. The number of ether oxygens (including phenoxy) is 2. The lowest BCUT2D eigenvalue weighted by atomic mass is 9.95. The van der Waals surface area contributed by atoms with Crippen LogP contribution < -0.4 is 9.47 Å². The first-order chi connectivity index (χ1) is 17.6. The molecule has 184 valence electrons. The molecule has 5 rings (SSSR count). The largest absolute Gasteiger partial charge is 0.507 e. The summed E-state index contributed by atoms with van der Waals surface area (Å²) in [6.07, 6.45) is 1.62. The molecular formula is C29H29N3O4. The summed E-state index contributed by atoms with van der Waals surface area (Å²) in [6.45, 7) is 3.24. The third-order valence-corrected chi connectivity index (χ3v) is 6.49. The molecular weight excluding hydrogens is 454 g/mol. The molecule has 0 bridgehead atoms. The number of hydrogen-bond acceptors (Lipinski definition) is 5. The zero-order chi connectivity index (χ0) is 25.1. The number of phenols is 1. The Bertz CT molecular complexity index is 1350. The minimum absolute atomic E-state index is 0.107. The Kier molecular flexibility index (Phi) is 6.62. The second kappa shape index (κ2) is 10.2. The number of aromatic hydroxyl groups is 1. The Morgan fingerprint density at radius 2 is 1.72 bits per heavy atom. The number of carbonyl (C=O) groups excluding carboxylic acids is 1. The molecule has 1 atom stereocenters. The van der Waals surface area contributed by atoms with Crippen molar-refractivity contribution in [3.8, 4) is 28.5 Å². The number of nitrogens with one attached hydrogen (secondary N) is 1. The van der Waals surface area contributed by atoms with E-state index in [2.05, 4.69) is 17.1 Å². The van der Waals surface area contributed by atoms with Crippen LogP contribution in [0.5, 0.6) is 17.2 Å². The molecule has 7 heteroatoms. The smallest absolute Gasteiger partial charge is 0.273 e. The van der Waals surface area contributed by atoms with E-state index in [1.165, 1.54) is 0 Å². The average Bonchev–Trinajstić information content (AvgIpc) is 3.46. The van der Waals surface area contributed by atoms with E-state index in [-0.39, 0.29) is 17.7 Å². The van der Waals surface area contributed by atoms with Crippen molar-refractivity contribution in [2.45, 2.75) is 25.8 Å². The lowest BCUT2D eigenvalue weighted by molar-refractivity contribution is 0.0746. The van der Waals surface area contributed by atoms with Gasteiger partial charge in [0.25, 0.3) is 5.91 Å². The van der Waals surface area contributed by atoms with Gasteiger partial charge >= 0.3 is 0 Å². The quantitative estimate of drug-likeness (QED) is 0.334. The van der Waals surface area contributed by atoms with Crippen LogP contribution in [-0.4, -0.2) is 46.4 Å². The van der Waals surface area contributed by atoms with E-state index < -0.39 is 0 Å². The van der Waals surface area contributed by atoms with Gasteiger partial charge in [-0.05, 0) is 60.4 Å². The summed E-state index contributed by atoms with van der Waals surface area (Å²) in [5.41, 5.74) is 4.48. The number of phenolic OH excluding ortho intramolecular Hbond substituents is 1. The Hall–Kier alpha value is -4.26. The normalized spacial score (nSPS) is 14.7. The molecule has 0 fully saturated rings. The highest BCUT2D eigenvalue weighted by molar-refractivity contribution is 6.00. The Morgan fingerprint density at radius 1 is 1.00 bits per heavy atom. The molecule has 4 aromatic rings. The molecule has 2 N–H and O–H groups in total. The SMILES string of the molecule is CCCOc1ccc([C@@H]2c3c(-c4ccccc4O)n[nH]c3C(=O)N2CCc2ccc(OC)cc2)cc1. The fourth-order valence-corrected chi connectivity index (χ4v) is 4.66. The zero-order valence-electron chi connectivity index (χ0n) is 20.4. The highest BCUT2D eigenvalue weighted by atomic mass is 16.5. The third kappa shape index (κ3) is 4.40. The van der Waals surface area contributed by atoms with E-state index in [1.54, 1.807) is 19.2 Å². The van der Waals surface area contributed by atoms with Crippen molar-refractivity contribution in [3.63, 3.8) is 0 Å². The van der Waals surface area contributed by atoms with E-state index in [0.29, 0.717) is 36.5 Å². The van der Waals surface area contributed by atoms with Gasteiger partial charge in [-0.1, -0.05) is 43.3 Å². The summed E-state index contributed by atoms with van der Waals surface area (Å²) in [6, 6.07) is 22.5. The molecule has 0 radical (unpaired) electrons. The number of aromatic amines is 1. The summed E-state index contributed by atoms with van der Waals surface area (Å²) in [7, 11) is 1.64. The van der Waals surface area contributed by atoms with Crippen molar-refractivity contribution >= 4 is 5.91 Å². The number of amides is 1. The molecule has 1 aliphatic heterocycles. The summed E-state index contributed by atoms with van der Waals surface area (Å²) in [5.74, 6) is 1.61. The van der Waals surface area contributed by atoms with Crippen molar-refractivity contribution in [2.24, 2.45) is 0 Å². The molecule has 1 aliphatic rings. The summed E-state index contributed by atoms with van der Waals surface area (Å²) >= 11 is 0. The molecule has 0 saturated carbocycles. The fraction of sp³-hybridized carbons (Fsp3) is 0.241. The minimum atomic E-state index is -0.348. The van der Waals surface area contributed by atoms with Gasteiger partial charge in [-0.15, -0.1) is 0 Å². The Labute approximate surface area is 210 Å². The monoisotopic (exact) mass is 483 g/mol. The van der Waals surface area contributed by atoms with Crippen LogP contribution in [0.1, 0.15) is 46.6 Å². The van der Waals surface area contributed by atoms with Crippen LogP contribution in [0.3, 0.4) is 0 Å². The minimum Gasteiger partial charge on any atom is -0.507 e. The molecule has 0 saturated heterocycles. The maximum Gasteiger partial charge on any atom is 0.273 e. The number of H-pyrrole nitrogens is 1. The number of carbonyl (C=O) groups is 1. The van der Waals surface area contributed by atoms with E-state index >= 15 is 0 Å². The van der Waals surface area contributed by atoms with E-state index in [4.69, 9.17) is 9.47 Å². The maximum absolute atomic E-state index is 13.6. The number of methoxy groups -OCH3 is 1. The molecule has 0 unspecified atom stereocenters. The molecule has 36 heavy (non-hydrogen) atoms. The first kappa shape index (κ1) is 23.5. The van der Waals surface area contributed by atoms with Gasteiger partial charge in [0.05, 0.1) is 19.8 Å². The predicted molar refractivity (Wildman–Crippen MR) is 137 cm³/mol. The standard InChI is InChI=1S/C29H29N3O4/c1-3-18-36-22-14-10-20(11-15-22)28-25-26(23-6-4-5-7-24(23)33)30-31-27(25)29(34)32(28)17-16-19-8-12-21(35-2)13-9-19/h4-15,28,33H,3,16-18H2,1-2H3,(H,30,31)/t28-/m1/s1. The van der Waals surface area contributed by atoms with Gasteiger partial charge in [-0.25, -0.2) is 0 Å². The average molecular weight is 484 g/mol. The first-order valence-corrected chi connectivity index (χ1v) is 12.1. The van der Waals surface area contributed by atoms with Gasteiger partial charge in [-0.2, -0.15) is 5.10 Å². The zero-order valence-corrected chi connectivity index (χ0v) is 20.4. The van der Waals surface area contributed by atoms with Crippen LogP contribution in [0.15, 0.2) is 72.8 Å². The highest BCUT2D eigenvalue weighted by Crippen LogP contribution is 2.44. The molecule has 2 heterocycles. The van der Waals surface area contributed by atoms with Crippen molar-refractivity contribution in [1.29, 1.82) is 0 Å². The third-order valence-electron chi connectivity index (χ3n) is 6.49. The summed E-state index contributed by atoms with van der Waals surface area (Å²) in [5, 5.41) is 17.9. The van der Waals surface area contributed by atoms with Crippen LogP contribution in [0.4, 0.5) is 0 Å². The van der Waals surface area contributed by atoms with Crippen LogP contribution in [-0.2, 0) is 6.42 Å². The topological polar surface area (TPSA) is 87.7 Å². The fourth-order valence-electron chi connectivity index (χ4n) is 4.66. The van der Waals surface area contributed by atoms with E-state index in [1.807, 2.05) is 65.6 Å². The van der Waals surface area contributed by atoms with Crippen LogP contribution in [0.2, 0.25) is 0 Å². The summed E-state index contributed by atoms with van der Waals surface area (Å²) < 4.78 is 11.0. The predicted octanol–water partition coefficient (Wildman–Crippen LogP) is 5.37. The molecule has 1 aromatic heterocycles.